The highest BCUT2D eigenvalue weighted by molar-refractivity contribution is 6.31. The number of fused-ring (bicyclic) bond motifs is 1. The zero-order valence-electron chi connectivity index (χ0n) is 21.6. The Balaban J connectivity index is 1.52. The third-order valence-electron chi connectivity index (χ3n) is 6.71. The summed E-state index contributed by atoms with van der Waals surface area (Å²) < 4.78 is 4.66. The first-order chi connectivity index (χ1) is 18.8. The van der Waals surface area contributed by atoms with E-state index in [-0.39, 0.29) is 11.8 Å². The zero-order chi connectivity index (χ0) is 27.5. The predicted octanol–water partition coefficient (Wildman–Crippen LogP) is 5.26. The first kappa shape index (κ1) is 26.3. The van der Waals surface area contributed by atoms with Gasteiger partial charge >= 0.3 is 6.09 Å². The standard InChI is InChI=1S/C29H28ClN5O4/c1-34-13-15-35(16-14-34)28(37)19-5-10-21(11-6-19)31-26(18-3-8-22(9-4-18)32-29(38)39-2)25-23-12-7-20(30)17-24(23)33-27(25)36/h3-12,17,33,36H,13-16H2,1-2H3,(H,32,38). The second-order valence-corrected chi connectivity index (χ2v) is 9.77. The number of H-pyrrole nitrogens is 1. The largest absolute Gasteiger partial charge is 0.494 e. The number of aromatic amines is 1. The maximum absolute atomic E-state index is 13.0. The van der Waals surface area contributed by atoms with Gasteiger partial charge in [0.25, 0.3) is 5.91 Å². The number of methoxy groups -OCH3 is 1. The highest BCUT2D eigenvalue weighted by atomic mass is 35.5. The van der Waals surface area contributed by atoms with E-state index in [1.807, 2.05) is 11.0 Å². The number of anilines is 1. The monoisotopic (exact) mass is 545 g/mol. The molecule has 10 heteroatoms. The highest BCUT2D eigenvalue weighted by Gasteiger charge is 2.21. The minimum atomic E-state index is -0.575. The fourth-order valence-electron chi connectivity index (χ4n) is 4.54. The Labute approximate surface area is 230 Å². The summed E-state index contributed by atoms with van der Waals surface area (Å²) in [7, 11) is 3.35. The minimum Gasteiger partial charge on any atom is -0.494 e. The molecule has 9 nitrogen and oxygen atoms in total. The lowest BCUT2D eigenvalue weighted by molar-refractivity contribution is 0.0664. The van der Waals surface area contributed by atoms with Crippen molar-refractivity contribution in [3.8, 4) is 5.88 Å². The fraction of sp³-hybridized carbons (Fsp3) is 0.207. The van der Waals surface area contributed by atoms with Gasteiger partial charge in [-0.25, -0.2) is 9.79 Å². The molecule has 0 radical (unpaired) electrons. The van der Waals surface area contributed by atoms with Gasteiger partial charge in [0.1, 0.15) is 0 Å². The molecule has 1 saturated heterocycles. The maximum atomic E-state index is 13.0. The van der Waals surface area contributed by atoms with E-state index in [2.05, 4.69) is 27.0 Å². The number of hydrogen-bond donors (Lipinski definition) is 3. The van der Waals surface area contributed by atoms with E-state index in [0.29, 0.717) is 57.4 Å². The number of benzene rings is 3. The third kappa shape index (κ3) is 5.74. The summed E-state index contributed by atoms with van der Waals surface area (Å²) in [5, 5.41) is 14.8. The van der Waals surface area contributed by atoms with Gasteiger partial charge in [0.2, 0.25) is 0 Å². The normalized spacial score (nSPS) is 14.4. The lowest BCUT2D eigenvalue weighted by Crippen LogP contribution is -2.47. The summed E-state index contributed by atoms with van der Waals surface area (Å²) in [4.78, 5) is 36.5. The van der Waals surface area contributed by atoms with Gasteiger partial charge in [0.15, 0.2) is 5.88 Å². The van der Waals surface area contributed by atoms with Crippen LogP contribution in [-0.4, -0.2) is 77.9 Å². The number of piperazine rings is 1. The summed E-state index contributed by atoms with van der Waals surface area (Å²) in [6.45, 7) is 3.10. The SMILES string of the molecule is COC(=O)Nc1ccc(C(=Nc2ccc(C(=O)N3CCN(C)CC3)cc2)c2c(O)[nH]c3cc(Cl)ccc23)cc1. The van der Waals surface area contributed by atoms with Crippen LogP contribution in [0.15, 0.2) is 71.7 Å². The van der Waals surface area contributed by atoms with E-state index in [0.717, 1.165) is 18.5 Å². The lowest BCUT2D eigenvalue weighted by atomic mass is 10.0. The second kappa shape index (κ2) is 11.2. The van der Waals surface area contributed by atoms with Gasteiger partial charge in [-0.05, 0) is 55.6 Å². The van der Waals surface area contributed by atoms with Gasteiger partial charge in [-0.1, -0.05) is 29.8 Å². The molecule has 39 heavy (non-hydrogen) atoms. The number of halogens is 1. The Bertz CT molecular complexity index is 1540. The van der Waals surface area contributed by atoms with Crippen LogP contribution in [0.5, 0.6) is 5.88 Å². The zero-order valence-corrected chi connectivity index (χ0v) is 22.3. The number of nitrogens with zero attached hydrogens (tertiary/aromatic N) is 3. The molecule has 0 unspecified atom stereocenters. The molecule has 2 heterocycles. The Morgan fingerprint density at radius 2 is 1.64 bits per heavy atom. The number of amides is 2. The lowest BCUT2D eigenvalue weighted by Gasteiger charge is -2.32. The quantitative estimate of drug-likeness (QED) is 0.296. The van der Waals surface area contributed by atoms with Crippen molar-refractivity contribution in [2.24, 2.45) is 4.99 Å². The minimum absolute atomic E-state index is 0.00120. The Kier molecular flexibility index (Phi) is 7.53. The first-order valence-electron chi connectivity index (χ1n) is 12.4. The molecule has 5 rings (SSSR count). The molecular formula is C29H28ClN5O4. The van der Waals surface area contributed by atoms with Crippen LogP contribution < -0.4 is 5.32 Å². The van der Waals surface area contributed by atoms with Gasteiger partial charge < -0.3 is 24.6 Å². The molecule has 1 aromatic heterocycles. The van der Waals surface area contributed by atoms with E-state index in [1.54, 1.807) is 60.7 Å². The molecule has 1 aliphatic rings. The first-order valence-corrected chi connectivity index (χ1v) is 12.8. The molecule has 0 aliphatic carbocycles. The summed E-state index contributed by atoms with van der Waals surface area (Å²) in [6.07, 6.45) is -0.575. The number of likely N-dealkylation sites (N-methyl/N-ethyl adjacent to an activating group) is 1. The van der Waals surface area contributed by atoms with Gasteiger partial charge in [-0.3, -0.25) is 10.1 Å². The number of rotatable bonds is 5. The van der Waals surface area contributed by atoms with Crippen molar-refractivity contribution in [3.05, 3.63) is 88.4 Å². The van der Waals surface area contributed by atoms with Crippen molar-refractivity contribution in [2.45, 2.75) is 0 Å². The van der Waals surface area contributed by atoms with E-state index in [9.17, 15) is 14.7 Å². The number of carbonyl (C=O) groups is 2. The molecule has 4 aromatic rings. The number of aromatic nitrogens is 1. The fourth-order valence-corrected chi connectivity index (χ4v) is 4.71. The van der Waals surface area contributed by atoms with Crippen LogP contribution in [0.3, 0.4) is 0 Å². The Morgan fingerprint density at radius 3 is 2.31 bits per heavy atom. The maximum Gasteiger partial charge on any atom is 0.411 e. The molecule has 3 N–H and O–H groups in total. The number of nitrogens with one attached hydrogen (secondary N) is 2. The number of hydrogen-bond acceptors (Lipinski definition) is 6. The topological polar surface area (TPSA) is 110 Å². The number of aromatic hydroxyl groups is 1. The van der Waals surface area contributed by atoms with Crippen LogP contribution in [0.2, 0.25) is 5.02 Å². The van der Waals surface area contributed by atoms with Crippen LogP contribution in [0.1, 0.15) is 21.5 Å². The molecule has 1 fully saturated rings. The van der Waals surface area contributed by atoms with Gasteiger partial charge in [-0.15, -0.1) is 0 Å². The van der Waals surface area contributed by atoms with E-state index < -0.39 is 6.09 Å². The van der Waals surface area contributed by atoms with Gasteiger partial charge in [0, 0.05) is 53.4 Å². The number of carbonyl (C=O) groups excluding carboxylic acids is 2. The van der Waals surface area contributed by atoms with Crippen molar-refractivity contribution in [1.29, 1.82) is 0 Å². The summed E-state index contributed by atoms with van der Waals surface area (Å²) in [5.41, 5.74) is 4.14. The average molecular weight is 546 g/mol. The number of ether oxygens (including phenoxy) is 1. The Hall–Kier alpha value is -4.34. The van der Waals surface area contributed by atoms with Crippen molar-refractivity contribution in [3.63, 3.8) is 0 Å². The smallest absolute Gasteiger partial charge is 0.411 e. The van der Waals surface area contributed by atoms with Crippen molar-refractivity contribution in [2.75, 3.05) is 45.7 Å². The molecule has 0 spiro atoms. The second-order valence-electron chi connectivity index (χ2n) is 9.34. The summed E-state index contributed by atoms with van der Waals surface area (Å²) in [5.74, 6) is -0.0525. The Morgan fingerprint density at radius 1 is 0.974 bits per heavy atom. The molecule has 0 saturated carbocycles. The van der Waals surface area contributed by atoms with Crippen LogP contribution >= 0.6 is 11.6 Å². The molecule has 3 aromatic carbocycles. The molecule has 200 valence electrons. The van der Waals surface area contributed by atoms with E-state index >= 15 is 0 Å². The van der Waals surface area contributed by atoms with Gasteiger partial charge in [-0.2, -0.15) is 0 Å². The van der Waals surface area contributed by atoms with Crippen LogP contribution in [-0.2, 0) is 4.74 Å². The van der Waals surface area contributed by atoms with Crippen molar-refractivity contribution < 1.29 is 19.4 Å². The molecule has 0 atom stereocenters. The van der Waals surface area contributed by atoms with Crippen LogP contribution in [0.25, 0.3) is 10.9 Å². The third-order valence-corrected chi connectivity index (χ3v) is 6.95. The molecule has 1 aliphatic heterocycles. The average Bonchev–Trinajstić information content (AvgIpc) is 3.27. The van der Waals surface area contributed by atoms with E-state index in [1.165, 1.54) is 7.11 Å². The van der Waals surface area contributed by atoms with E-state index in [4.69, 9.17) is 16.6 Å². The predicted molar refractivity (Wildman–Crippen MR) is 153 cm³/mol. The molecule has 2 amide bonds. The summed E-state index contributed by atoms with van der Waals surface area (Å²) in [6, 6.07) is 19.5. The molecular weight excluding hydrogens is 518 g/mol. The van der Waals surface area contributed by atoms with Gasteiger partial charge in [0.05, 0.1) is 29.6 Å². The molecule has 0 bridgehead atoms. The van der Waals surface area contributed by atoms with Crippen LogP contribution in [0.4, 0.5) is 16.2 Å². The highest BCUT2D eigenvalue weighted by Crippen LogP contribution is 2.33. The van der Waals surface area contributed by atoms with Crippen molar-refractivity contribution in [1.82, 2.24) is 14.8 Å². The summed E-state index contributed by atoms with van der Waals surface area (Å²) >= 11 is 6.17. The van der Waals surface area contributed by atoms with Crippen LogP contribution in [0, 0.1) is 0 Å². The van der Waals surface area contributed by atoms with Crippen molar-refractivity contribution >= 4 is 51.6 Å². The number of aliphatic imine (C=N–C) groups is 1.